The Morgan fingerprint density at radius 2 is 1.75 bits per heavy atom. The van der Waals surface area contributed by atoms with Crippen LogP contribution in [0.2, 0.25) is 0 Å². The van der Waals surface area contributed by atoms with Gasteiger partial charge >= 0.3 is 0 Å². The van der Waals surface area contributed by atoms with Crippen LogP contribution in [0.15, 0.2) is 53.4 Å². The maximum atomic E-state index is 12.6. The number of rotatable bonds is 7. The zero-order chi connectivity index (χ0) is 26.6. The van der Waals surface area contributed by atoms with Gasteiger partial charge in [-0.3, -0.25) is 19.6 Å². The van der Waals surface area contributed by atoms with Crippen molar-refractivity contribution in [2.75, 3.05) is 0 Å². The van der Waals surface area contributed by atoms with Crippen LogP contribution in [0.5, 0.6) is 11.5 Å². The lowest BCUT2D eigenvalue weighted by Crippen LogP contribution is -2.26. The van der Waals surface area contributed by atoms with Crippen LogP contribution < -0.4 is 21.5 Å². The molecule has 0 saturated heterocycles. The van der Waals surface area contributed by atoms with Crippen LogP contribution in [0.4, 0.5) is 0 Å². The van der Waals surface area contributed by atoms with Crippen LogP contribution >= 0.6 is 0 Å². The molecule has 5 N–H and O–H groups in total. The highest BCUT2D eigenvalue weighted by atomic mass is 16.5. The highest BCUT2D eigenvalue weighted by Gasteiger charge is 2.15. The minimum absolute atomic E-state index is 0.169. The molecule has 0 saturated carbocycles. The predicted octanol–water partition coefficient (Wildman–Crippen LogP) is 4.38. The number of nitrogens with two attached hydrogens (primary N) is 2. The fourth-order valence-corrected chi connectivity index (χ4v) is 3.81. The van der Waals surface area contributed by atoms with Crippen LogP contribution in [0.3, 0.4) is 0 Å². The van der Waals surface area contributed by atoms with Gasteiger partial charge in [0.25, 0.3) is 0 Å². The molecule has 0 aliphatic rings. The number of hydrogen-bond acceptors (Lipinski definition) is 6. The Bertz CT molecular complexity index is 1360. The van der Waals surface area contributed by atoms with Crippen LogP contribution in [0.25, 0.3) is 10.9 Å². The molecule has 3 rings (SSSR count). The molecule has 8 nitrogen and oxygen atoms in total. The summed E-state index contributed by atoms with van der Waals surface area (Å²) in [6, 6.07) is 9.12. The molecule has 2 amide bonds. The summed E-state index contributed by atoms with van der Waals surface area (Å²) < 4.78 is 6.30. The summed E-state index contributed by atoms with van der Waals surface area (Å²) in [5.41, 5.74) is 15.8. The zero-order valence-electron chi connectivity index (χ0n) is 21.6. The number of pyridine rings is 1. The van der Waals surface area contributed by atoms with Gasteiger partial charge in [-0.05, 0) is 82.0 Å². The fourth-order valence-electron chi connectivity index (χ4n) is 3.81. The molecule has 0 aliphatic heterocycles. The normalized spacial score (nSPS) is 12.2. The van der Waals surface area contributed by atoms with E-state index in [4.69, 9.17) is 16.2 Å². The molecule has 1 heterocycles. The van der Waals surface area contributed by atoms with E-state index in [0.717, 1.165) is 22.3 Å². The number of aromatic nitrogens is 1. The Labute approximate surface area is 211 Å². The van der Waals surface area contributed by atoms with Gasteiger partial charge in [-0.15, -0.1) is 0 Å². The van der Waals surface area contributed by atoms with Gasteiger partial charge in [0.1, 0.15) is 11.5 Å². The minimum atomic E-state index is -0.503. The second-order valence-corrected chi connectivity index (χ2v) is 9.79. The molecule has 8 heteroatoms. The molecule has 0 radical (unpaired) electrons. The largest absolute Gasteiger partial charge is 0.456 e. The summed E-state index contributed by atoms with van der Waals surface area (Å²) in [7, 11) is 0. The average molecular weight is 488 g/mol. The van der Waals surface area contributed by atoms with Crippen LogP contribution in [-0.4, -0.2) is 28.6 Å². The Morgan fingerprint density at radius 1 is 1.08 bits per heavy atom. The summed E-state index contributed by atoms with van der Waals surface area (Å²) in [6.45, 7) is 11.5. The van der Waals surface area contributed by atoms with Gasteiger partial charge in [0, 0.05) is 29.6 Å². The lowest BCUT2D eigenvalue weighted by Gasteiger charge is -2.16. The van der Waals surface area contributed by atoms with Crippen molar-refractivity contribution in [1.82, 2.24) is 10.3 Å². The monoisotopic (exact) mass is 487 g/mol. The topological polar surface area (TPSA) is 133 Å². The Hall–Kier alpha value is -4.20. The van der Waals surface area contributed by atoms with Gasteiger partial charge in [0.05, 0.1) is 23.2 Å². The molecule has 3 aromatic rings. The summed E-state index contributed by atoms with van der Waals surface area (Å²) in [4.78, 5) is 33.2. The van der Waals surface area contributed by atoms with Crippen molar-refractivity contribution in [2.24, 2.45) is 16.5 Å². The minimum Gasteiger partial charge on any atom is -0.456 e. The average Bonchev–Trinajstić information content (AvgIpc) is 2.77. The number of nitrogens with zero attached hydrogens (tertiary/aromatic N) is 2. The predicted molar refractivity (Wildman–Crippen MR) is 143 cm³/mol. The number of hydrogen-bond donors (Lipinski definition) is 3. The van der Waals surface area contributed by atoms with Gasteiger partial charge in [0.15, 0.2) is 0 Å². The van der Waals surface area contributed by atoms with Gasteiger partial charge < -0.3 is 21.5 Å². The van der Waals surface area contributed by atoms with Crippen molar-refractivity contribution < 1.29 is 14.3 Å². The number of allylic oxidation sites excluding steroid dienone is 1. The third-order valence-electron chi connectivity index (χ3n) is 5.46. The van der Waals surface area contributed by atoms with E-state index in [1.54, 1.807) is 24.5 Å². The number of carbonyl (C=O) groups excluding carboxylic acids is 2. The van der Waals surface area contributed by atoms with E-state index in [0.29, 0.717) is 33.7 Å². The molecular weight excluding hydrogens is 454 g/mol. The Morgan fingerprint density at radius 3 is 2.33 bits per heavy atom. The second-order valence-electron chi connectivity index (χ2n) is 9.79. The number of aryl methyl sites for hydroxylation is 3. The first-order valence-corrected chi connectivity index (χ1v) is 11.6. The fraction of sp³-hybridized carbons (Fsp3) is 0.286. The molecule has 0 aliphatic carbocycles. The first-order valence-electron chi connectivity index (χ1n) is 11.6. The maximum Gasteiger partial charge on any atom is 0.248 e. The molecule has 188 valence electrons. The lowest BCUT2D eigenvalue weighted by atomic mass is 10.0. The van der Waals surface area contributed by atoms with E-state index in [1.165, 1.54) is 6.20 Å². The van der Waals surface area contributed by atoms with E-state index in [-0.39, 0.29) is 17.9 Å². The van der Waals surface area contributed by atoms with Crippen LogP contribution in [0, 0.1) is 20.8 Å². The highest BCUT2D eigenvalue weighted by Crippen LogP contribution is 2.34. The number of benzene rings is 2. The van der Waals surface area contributed by atoms with Gasteiger partial charge in [0.2, 0.25) is 11.8 Å². The summed E-state index contributed by atoms with van der Waals surface area (Å²) in [6.07, 6.45) is 4.72. The van der Waals surface area contributed by atoms with Crippen molar-refractivity contribution in [1.29, 1.82) is 0 Å². The van der Waals surface area contributed by atoms with Crippen molar-refractivity contribution in [3.63, 3.8) is 0 Å². The number of ether oxygens (including phenoxy) is 1. The van der Waals surface area contributed by atoms with Gasteiger partial charge in [-0.2, -0.15) is 0 Å². The van der Waals surface area contributed by atoms with Crippen LogP contribution in [-0.2, 0) is 11.2 Å². The summed E-state index contributed by atoms with van der Waals surface area (Å²) >= 11 is 0. The quantitative estimate of drug-likeness (QED) is 0.425. The first-order chi connectivity index (χ1) is 16.9. The Balaban J connectivity index is 1.83. The third kappa shape index (κ3) is 6.47. The number of fused-ring (bicyclic) bond motifs is 1. The van der Waals surface area contributed by atoms with Crippen molar-refractivity contribution in [3.05, 3.63) is 76.2 Å². The maximum absolute atomic E-state index is 12.6. The molecular formula is C28H33N5O3. The SMILES string of the molecule is Cc1cc2nccc(Oc3c(C)cc(CC(=O)N/C(C=NC(C)(C)C)=C/N)cc3C)c2cc1C(N)=O. The van der Waals surface area contributed by atoms with Crippen molar-refractivity contribution in [2.45, 2.75) is 53.5 Å². The number of primary amides is 1. The van der Waals surface area contributed by atoms with E-state index in [2.05, 4.69) is 15.3 Å². The molecule has 1 aromatic heterocycles. The molecule has 0 fully saturated rings. The van der Waals surface area contributed by atoms with Crippen molar-refractivity contribution >= 4 is 28.9 Å². The lowest BCUT2D eigenvalue weighted by molar-refractivity contribution is -0.119. The van der Waals surface area contributed by atoms with Gasteiger partial charge in [-0.1, -0.05) is 12.1 Å². The third-order valence-corrected chi connectivity index (χ3v) is 5.46. The second kappa shape index (κ2) is 10.6. The number of carbonyl (C=O) groups is 2. The molecule has 2 aromatic carbocycles. The van der Waals surface area contributed by atoms with E-state index in [1.807, 2.05) is 59.7 Å². The molecule has 36 heavy (non-hydrogen) atoms. The van der Waals surface area contributed by atoms with Crippen LogP contribution in [0.1, 0.15) is 53.4 Å². The number of nitrogens with one attached hydrogen (secondary N) is 1. The summed E-state index contributed by atoms with van der Waals surface area (Å²) in [5, 5.41) is 3.48. The summed E-state index contributed by atoms with van der Waals surface area (Å²) in [5.74, 6) is 0.535. The highest BCUT2D eigenvalue weighted by molar-refractivity contribution is 6.00. The van der Waals surface area contributed by atoms with E-state index < -0.39 is 5.91 Å². The van der Waals surface area contributed by atoms with E-state index >= 15 is 0 Å². The molecule has 0 bridgehead atoms. The van der Waals surface area contributed by atoms with E-state index in [9.17, 15) is 9.59 Å². The first kappa shape index (κ1) is 26.4. The Kier molecular flexibility index (Phi) is 7.77. The number of amides is 2. The standard InChI is InChI=1S/C28H33N5O3/c1-16-11-23-22(13-21(16)27(30)35)24(7-8-31-23)36-26-17(2)9-19(10-18(26)3)12-25(34)33-20(14-29)15-32-28(4,5)6/h7-11,13-15H,12,29H2,1-6H3,(H2,30,35)(H,33,34)/b20-14+,32-15?. The zero-order valence-corrected chi connectivity index (χ0v) is 21.6. The molecule has 0 atom stereocenters. The smallest absolute Gasteiger partial charge is 0.248 e. The van der Waals surface area contributed by atoms with Gasteiger partial charge in [-0.25, -0.2) is 0 Å². The van der Waals surface area contributed by atoms with Crippen molar-refractivity contribution in [3.8, 4) is 11.5 Å². The molecule has 0 spiro atoms. The number of aliphatic imine (C=N–C) groups is 1. The molecule has 0 unspecified atom stereocenters.